The standard InChI is InChI=1S/C10H16N2S/c1-7-3-4-9(7)11-6-10-12-5-8(2)13-10/h5,7,9,11H,3-4,6H2,1-2H3. The van der Waals surface area contributed by atoms with E-state index in [1.165, 1.54) is 22.7 Å². The SMILES string of the molecule is Cc1cnc(CNC2CCC2C)s1. The zero-order chi connectivity index (χ0) is 9.26. The molecule has 1 heterocycles. The summed E-state index contributed by atoms with van der Waals surface area (Å²) in [6.07, 6.45) is 4.67. The number of nitrogens with zero attached hydrogens (tertiary/aromatic N) is 1. The second kappa shape index (κ2) is 3.76. The van der Waals surface area contributed by atoms with E-state index in [-0.39, 0.29) is 0 Å². The van der Waals surface area contributed by atoms with Crippen LogP contribution in [0.5, 0.6) is 0 Å². The van der Waals surface area contributed by atoms with Crippen molar-refractivity contribution in [3.8, 4) is 0 Å². The average molecular weight is 196 g/mol. The van der Waals surface area contributed by atoms with Crippen LogP contribution in [0, 0.1) is 12.8 Å². The Morgan fingerprint density at radius 1 is 1.62 bits per heavy atom. The van der Waals surface area contributed by atoms with Crippen LogP contribution in [0.3, 0.4) is 0 Å². The predicted molar refractivity (Wildman–Crippen MR) is 55.9 cm³/mol. The van der Waals surface area contributed by atoms with Crippen molar-refractivity contribution < 1.29 is 0 Å². The van der Waals surface area contributed by atoms with Crippen LogP contribution >= 0.6 is 11.3 Å². The second-order valence-corrected chi connectivity index (χ2v) is 5.23. The van der Waals surface area contributed by atoms with Gasteiger partial charge in [0.2, 0.25) is 0 Å². The Balaban J connectivity index is 1.79. The van der Waals surface area contributed by atoms with Crippen LogP contribution in [0.1, 0.15) is 29.7 Å². The lowest BCUT2D eigenvalue weighted by Crippen LogP contribution is -2.41. The average Bonchev–Trinajstić information content (AvgIpc) is 2.49. The molecule has 0 bridgehead atoms. The molecule has 2 rings (SSSR count). The maximum Gasteiger partial charge on any atom is 0.107 e. The summed E-state index contributed by atoms with van der Waals surface area (Å²) in [6.45, 7) is 5.37. The molecule has 0 amide bonds. The van der Waals surface area contributed by atoms with E-state index < -0.39 is 0 Å². The molecule has 1 aliphatic carbocycles. The van der Waals surface area contributed by atoms with Crippen molar-refractivity contribution >= 4 is 11.3 Å². The fourth-order valence-electron chi connectivity index (χ4n) is 1.67. The van der Waals surface area contributed by atoms with Gasteiger partial charge in [-0.1, -0.05) is 6.92 Å². The van der Waals surface area contributed by atoms with E-state index in [9.17, 15) is 0 Å². The molecular formula is C10H16N2S. The van der Waals surface area contributed by atoms with Crippen molar-refractivity contribution in [2.24, 2.45) is 5.92 Å². The van der Waals surface area contributed by atoms with Gasteiger partial charge in [0.05, 0.1) is 0 Å². The van der Waals surface area contributed by atoms with Gasteiger partial charge in [-0.15, -0.1) is 11.3 Å². The van der Waals surface area contributed by atoms with Crippen molar-refractivity contribution in [3.63, 3.8) is 0 Å². The first-order chi connectivity index (χ1) is 6.25. The van der Waals surface area contributed by atoms with Crippen LogP contribution in [-0.4, -0.2) is 11.0 Å². The Morgan fingerprint density at radius 3 is 2.92 bits per heavy atom. The molecule has 2 unspecified atom stereocenters. The highest BCUT2D eigenvalue weighted by molar-refractivity contribution is 7.11. The van der Waals surface area contributed by atoms with E-state index in [1.807, 2.05) is 6.20 Å². The minimum absolute atomic E-state index is 0.740. The summed E-state index contributed by atoms with van der Waals surface area (Å²) in [5.74, 6) is 0.862. The monoisotopic (exact) mass is 196 g/mol. The molecular weight excluding hydrogens is 180 g/mol. The second-order valence-electron chi connectivity index (χ2n) is 3.91. The number of aromatic nitrogens is 1. The van der Waals surface area contributed by atoms with Crippen molar-refractivity contribution in [2.75, 3.05) is 0 Å². The van der Waals surface area contributed by atoms with Gasteiger partial charge in [-0.05, 0) is 25.7 Å². The molecule has 72 valence electrons. The van der Waals surface area contributed by atoms with E-state index in [2.05, 4.69) is 24.1 Å². The molecule has 3 heteroatoms. The van der Waals surface area contributed by atoms with E-state index in [4.69, 9.17) is 0 Å². The topological polar surface area (TPSA) is 24.9 Å². The number of aryl methyl sites for hydroxylation is 1. The van der Waals surface area contributed by atoms with Gasteiger partial charge in [0.25, 0.3) is 0 Å². The molecule has 0 aliphatic heterocycles. The van der Waals surface area contributed by atoms with Crippen molar-refractivity contribution in [3.05, 3.63) is 16.1 Å². The highest BCUT2D eigenvalue weighted by Gasteiger charge is 2.25. The van der Waals surface area contributed by atoms with Crippen molar-refractivity contribution in [2.45, 2.75) is 39.3 Å². The van der Waals surface area contributed by atoms with Crippen molar-refractivity contribution in [1.29, 1.82) is 0 Å². The summed E-state index contributed by atoms with van der Waals surface area (Å²) < 4.78 is 0. The Hall–Kier alpha value is -0.410. The number of rotatable bonds is 3. The van der Waals surface area contributed by atoms with Crippen molar-refractivity contribution in [1.82, 2.24) is 10.3 Å². The van der Waals surface area contributed by atoms with Crippen LogP contribution in [-0.2, 0) is 6.54 Å². The Labute approximate surface area is 83.4 Å². The summed E-state index contributed by atoms with van der Waals surface area (Å²) in [6, 6.07) is 0.740. The first-order valence-corrected chi connectivity index (χ1v) is 5.72. The molecule has 2 atom stereocenters. The highest BCUT2D eigenvalue weighted by atomic mass is 32.1. The minimum Gasteiger partial charge on any atom is -0.307 e. The van der Waals surface area contributed by atoms with Gasteiger partial charge in [-0.2, -0.15) is 0 Å². The van der Waals surface area contributed by atoms with Gasteiger partial charge >= 0.3 is 0 Å². The number of hydrogen-bond donors (Lipinski definition) is 1. The fraction of sp³-hybridized carbons (Fsp3) is 0.700. The highest BCUT2D eigenvalue weighted by Crippen LogP contribution is 2.26. The molecule has 0 radical (unpaired) electrons. The summed E-state index contributed by atoms with van der Waals surface area (Å²) in [5, 5.41) is 4.77. The minimum atomic E-state index is 0.740. The normalized spacial score (nSPS) is 27.2. The van der Waals surface area contributed by atoms with Gasteiger partial charge < -0.3 is 5.32 Å². The summed E-state index contributed by atoms with van der Waals surface area (Å²) in [7, 11) is 0. The first kappa shape index (κ1) is 9.16. The first-order valence-electron chi connectivity index (χ1n) is 4.90. The lowest BCUT2D eigenvalue weighted by Gasteiger charge is -2.34. The maximum absolute atomic E-state index is 4.33. The number of nitrogens with one attached hydrogen (secondary N) is 1. The lowest BCUT2D eigenvalue weighted by atomic mass is 9.81. The predicted octanol–water partition coefficient (Wildman–Crippen LogP) is 2.34. The van der Waals surface area contributed by atoms with Gasteiger partial charge in [0.15, 0.2) is 0 Å². The fourth-order valence-corrected chi connectivity index (χ4v) is 2.41. The van der Waals surface area contributed by atoms with Gasteiger partial charge in [-0.3, -0.25) is 0 Å². The molecule has 1 fully saturated rings. The smallest absolute Gasteiger partial charge is 0.107 e. The summed E-state index contributed by atoms with van der Waals surface area (Å²) in [5.41, 5.74) is 0. The molecule has 1 aromatic heterocycles. The van der Waals surface area contributed by atoms with Crippen LogP contribution in [0.25, 0.3) is 0 Å². The molecule has 1 N–H and O–H groups in total. The van der Waals surface area contributed by atoms with E-state index >= 15 is 0 Å². The molecule has 2 nitrogen and oxygen atoms in total. The van der Waals surface area contributed by atoms with Gasteiger partial charge in [0.1, 0.15) is 5.01 Å². The summed E-state index contributed by atoms with van der Waals surface area (Å²) in [4.78, 5) is 5.63. The van der Waals surface area contributed by atoms with Gasteiger partial charge in [-0.25, -0.2) is 4.98 Å². The summed E-state index contributed by atoms with van der Waals surface area (Å²) >= 11 is 1.79. The van der Waals surface area contributed by atoms with Crippen LogP contribution in [0.4, 0.5) is 0 Å². The van der Waals surface area contributed by atoms with Gasteiger partial charge in [0, 0.05) is 23.7 Å². The van der Waals surface area contributed by atoms with E-state index in [0.29, 0.717) is 0 Å². The third-order valence-electron chi connectivity index (χ3n) is 2.80. The molecule has 0 spiro atoms. The number of thiazole rings is 1. The third-order valence-corrected chi connectivity index (χ3v) is 3.72. The van der Waals surface area contributed by atoms with E-state index in [0.717, 1.165) is 18.5 Å². The Morgan fingerprint density at radius 2 is 2.46 bits per heavy atom. The molecule has 13 heavy (non-hydrogen) atoms. The quantitative estimate of drug-likeness (QED) is 0.802. The Bertz CT molecular complexity index is 282. The molecule has 0 aromatic carbocycles. The maximum atomic E-state index is 4.33. The zero-order valence-electron chi connectivity index (χ0n) is 8.21. The van der Waals surface area contributed by atoms with Crippen LogP contribution < -0.4 is 5.32 Å². The molecule has 1 aliphatic rings. The third kappa shape index (κ3) is 2.09. The Kier molecular flexibility index (Phi) is 2.65. The molecule has 0 saturated heterocycles. The van der Waals surface area contributed by atoms with E-state index in [1.54, 1.807) is 11.3 Å². The molecule has 1 aromatic rings. The zero-order valence-corrected chi connectivity index (χ0v) is 9.03. The van der Waals surface area contributed by atoms with Crippen LogP contribution in [0.15, 0.2) is 6.20 Å². The lowest BCUT2D eigenvalue weighted by molar-refractivity contribution is 0.228. The molecule has 1 saturated carbocycles. The number of hydrogen-bond acceptors (Lipinski definition) is 3. The largest absolute Gasteiger partial charge is 0.307 e. The van der Waals surface area contributed by atoms with Crippen LogP contribution in [0.2, 0.25) is 0 Å².